The van der Waals surface area contributed by atoms with Crippen molar-refractivity contribution in [1.82, 2.24) is 10.2 Å². The molecule has 2 amide bonds. The van der Waals surface area contributed by atoms with E-state index in [1.165, 1.54) is 5.56 Å². The Labute approximate surface area is 199 Å². The number of likely N-dealkylation sites (tertiary alicyclic amines) is 1. The van der Waals surface area contributed by atoms with Gasteiger partial charge in [-0.2, -0.15) is 0 Å². The zero-order valence-electron chi connectivity index (χ0n) is 20.2. The molecule has 2 N–H and O–H groups in total. The molecule has 2 aliphatic rings. The lowest BCUT2D eigenvalue weighted by Gasteiger charge is -2.46. The van der Waals surface area contributed by atoms with Crippen molar-refractivity contribution in [2.75, 3.05) is 26.1 Å². The molecule has 0 spiro atoms. The number of rotatable bonds is 6. The molecule has 4 rings (SSSR count). The molecular weight excluding hydrogens is 440 g/mol. The van der Waals surface area contributed by atoms with Gasteiger partial charge in [0.25, 0.3) is 0 Å². The number of halogens is 2. The van der Waals surface area contributed by atoms with Crippen molar-refractivity contribution >= 4 is 11.7 Å². The zero-order chi connectivity index (χ0) is 24.5. The van der Waals surface area contributed by atoms with Crippen LogP contribution in [0.2, 0.25) is 0 Å². The summed E-state index contributed by atoms with van der Waals surface area (Å²) in [5, 5.41) is 5.44. The number of fused-ring (bicyclic) bond motifs is 1. The zero-order valence-corrected chi connectivity index (χ0v) is 20.2. The molecule has 0 unspecified atom stereocenters. The lowest BCUT2D eigenvalue weighted by Crippen LogP contribution is -2.54. The van der Waals surface area contributed by atoms with Crippen molar-refractivity contribution in [3.8, 4) is 11.5 Å². The fourth-order valence-corrected chi connectivity index (χ4v) is 5.75. The predicted molar refractivity (Wildman–Crippen MR) is 128 cm³/mol. The molecular formula is C26H33F2N3O3. The van der Waals surface area contributed by atoms with E-state index in [0.29, 0.717) is 17.5 Å². The second-order valence-electron chi connectivity index (χ2n) is 9.52. The normalized spacial score (nSPS) is 24.6. The molecule has 34 heavy (non-hydrogen) atoms. The third-order valence-electron chi connectivity index (χ3n) is 7.43. The molecule has 3 atom stereocenters. The highest BCUT2D eigenvalue weighted by Gasteiger charge is 2.52. The summed E-state index contributed by atoms with van der Waals surface area (Å²) in [6.45, 7) is 5.37. The number of hydrogen-bond acceptors (Lipinski definition) is 4. The smallest absolute Gasteiger partial charge is 0.319 e. The van der Waals surface area contributed by atoms with E-state index in [1.807, 2.05) is 6.07 Å². The molecule has 6 nitrogen and oxygen atoms in total. The van der Waals surface area contributed by atoms with Crippen molar-refractivity contribution in [1.29, 1.82) is 0 Å². The average Bonchev–Trinajstić information content (AvgIpc) is 3.21. The van der Waals surface area contributed by atoms with Crippen LogP contribution in [0, 0.1) is 11.6 Å². The van der Waals surface area contributed by atoms with E-state index < -0.39 is 17.7 Å². The SMILES string of the molecule is COc1ccc([C@@]23CC[C@H](NC(=O)Nc4cc(F)ccc4F)C[C@H]2N(C(C)C)CC3)cc1OC. The Balaban J connectivity index is 1.54. The summed E-state index contributed by atoms with van der Waals surface area (Å²) >= 11 is 0. The summed E-state index contributed by atoms with van der Waals surface area (Å²) in [7, 11) is 3.28. The lowest BCUT2D eigenvalue weighted by atomic mass is 9.65. The second kappa shape index (κ2) is 9.78. The maximum Gasteiger partial charge on any atom is 0.319 e. The van der Waals surface area contributed by atoms with Crippen LogP contribution in [0.1, 0.15) is 45.1 Å². The van der Waals surface area contributed by atoms with Gasteiger partial charge in [0.2, 0.25) is 0 Å². The first-order valence-corrected chi connectivity index (χ1v) is 11.8. The molecule has 1 heterocycles. The summed E-state index contributed by atoms with van der Waals surface area (Å²) < 4.78 is 38.4. The number of carbonyl (C=O) groups is 1. The van der Waals surface area contributed by atoms with E-state index in [-0.39, 0.29) is 23.2 Å². The lowest BCUT2D eigenvalue weighted by molar-refractivity contribution is 0.113. The van der Waals surface area contributed by atoms with Gasteiger partial charge >= 0.3 is 6.03 Å². The maximum absolute atomic E-state index is 13.9. The standard InChI is InChI=1S/C26H33F2N3O3/c1-16(2)31-12-11-26(17-5-8-22(33-3)23(13-17)34-4)10-9-19(15-24(26)31)29-25(32)30-21-14-18(27)6-7-20(21)28/h5-8,13-14,16,19,24H,9-12,15H2,1-4H3,(H2,29,30,32)/t19-,24+,26-/m0/s1. The minimum Gasteiger partial charge on any atom is -0.493 e. The number of anilines is 1. The highest BCUT2D eigenvalue weighted by Crippen LogP contribution is 2.50. The molecule has 184 valence electrons. The molecule has 1 aliphatic carbocycles. The van der Waals surface area contributed by atoms with Crippen molar-refractivity contribution in [3.63, 3.8) is 0 Å². The number of hydrogen-bond donors (Lipinski definition) is 2. The van der Waals surface area contributed by atoms with Gasteiger partial charge in [-0.05, 0) is 75.9 Å². The quantitative estimate of drug-likeness (QED) is 0.615. The topological polar surface area (TPSA) is 62.8 Å². The average molecular weight is 474 g/mol. The minimum absolute atomic E-state index is 0.0485. The van der Waals surface area contributed by atoms with Gasteiger partial charge in [-0.25, -0.2) is 13.6 Å². The van der Waals surface area contributed by atoms with Crippen molar-refractivity contribution in [3.05, 3.63) is 53.6 Å². The van der Waals surface area contributed by atoms with E-state index in [0.717, 1.165) is 50.4 Å². The van der Waals surface area contributed by atoms with Gasteiger partial charge in [-0.1, -0.05) is 6.07 Å². The van der Waals surface area contributed by atoms with E-state index in [1.54, 1.807) is 14.2 Å². The van der Waals surface area contributed by atoms with Crippen LogP contribution in [0.15, 0.2) is 36.4 Å². The maximum atomic E-state index is 13.9. The molecule has 2 aromatic rings. The van der Waals surface area contributed by atoms with Crippen LogP contribution in [0.4, 0.5) is 19.3 Å². The van der Waals surface area contributed by atoms with Crippen LogP contribution in [-0.2, 0) is 5.41 Å². The van der Waals surface area contributed by atoms with Gasteiger partial charge in [-0.15, -0.1) is 0 Å². The first-order valence-electron chi connectivity index (χ1n) is 11.8. The number of benzene rings is 2. The van der Waals surface area contributed by atoms with Gasteiger partial charge in [0, 0.05) is 29.6 Å². The van der Waals surface area contributed by atoms with Crippen molar-refractivity contribution < 1.29 is 23.0 Å². The third kappa shape index (κ3) is 4.56. The number of ether oxygens (including phenoxy) is 2. The summed E-state index contributed by atoms with van der Waals surface area (Å²) in [6.07, 6.45) is 3.48. The number of nitrogens with one attached hydrogen (secondary N) is 2. The Hall–Kier alpha value is -2.87. The molecule has 0 radical (unpaired) electrons. The van der Waals surface area contributed by atoms with Crippen LogP contribution in [0.25, 0.3) is 0 Å². The number of methoxy groups -OCH3 is 2. The number of urea groups is 1. The Bertz CT molecular complexity index is 1050. The highest BCUT2D eigenvalue weighted by atomic mass is 19.1. The van der Waals surface area contributed by atoms with E-state index in [4.69, 9.17) is 9.47 Å². The van der Waals surface area contributed by atoms with Gasteiger partial charge in [0.15, 0.2) is 11.5 Å². The molecule has 0 aromatic heterocycles. The minimum atomic E-state index is -0.672. The van der Waals surface area contributed by atoms with Crippen LogP contribution in [-0.4, -0.2) is 49.8 Å². The van der Waals surface area contributed by atoms with Crippen LogP contribution < -0.4 is 20.1 Å². The fourth-order valence-electron chi connectivity index (χ4n) is 5.75. The summed E-state index contributed by atoms with van der Waals surface area (Å²) in [6, 6.07) is 9.18. The number of nitrogens with zero attached hydrogens (tertiary/aromatic N) is 1. The molecule has 2 fully saturated rings. The van der Waals surface area contributed by atoms with Crippen LogP contribution in [0.3, 0.4) is 0 Å². The summed E-state index contributed by atoms with van der Waals surface area (Å²) in [5.74, 6) is 0.143. The van der Waals surface area contributed by atoms with Gasteiger partial charge in [-0.3, -0.25) is 4.90 Å². The van der Waals surface area contributed by atoms with Gasteiger partial charge in [0.1, 0.15) is 11.6 Å². The predicted octanol–water partition coefficient (Wildman–Crippen LogP) is 5.08. The monoisotopic (exact) mass is 473 g/mol. The van der Waals surface area contributed by atoms with E-state index in [2.05, 4.69) is 41.5 Å². The van der Waals surface area contributed by atoms with Gasteiger partial charge in [0.05, 0.1) is 19.9 Å². The second-order valence-corrected chi connectivity index (χ2v) is 9.52. The number of amides is 2. The van der Waals surface area contributed by atoms with E-state index >= 15 is 0 Å². The van der Waals surface area contributed by atoms with Crippen LogP contribution in [0.5, 0.6) is 11.5 Å². The molecule has 8 heteroatoms. The first kappa shape index (κ1) is 24.3. The van der Waals surface area contributed by atoms with E-state index in [9.17, 15) is 13.6 Å². The fraction of sp³-hybridized carbons (Fsp3) is 0.500. The first-order chi connectivity index (χ1) is 16.3. The Morgan fingerprint density at radius 2 is 1.85 bits per heavy atom. The summed E-state index contributed by atoms with van der Waals surface area (Å²) in [5.41, 5.74) is 1.01. The highest BCUT2D eigenvalue weighted by molar-refractivity contribution is 5.89. The Kier molecular flexibility index (Phi) is 6.98. The molecule has 0 bridgehead atoms. The Morgan fingerprint density at radius 1 is 1.09 bits per heavy atom. The van der Waals surface area contributed by atoms with Gasteiger partial charge < -0.3 is 20.1 Å². The van der Waals surface area contributed by atoms with Crippen molar-refractivity contribution in [2.45, 2.75) is 63.1 Å². The third-order valence-corrected chi connectivity index (χ3v) is 7.43. The molecule has 2 aromatic carbocycles. The Morgan fingerprint density at radius 3 is 2.56 bits per heavy atom. The van der Waals surface area contributed by atoms with Crippen molar-refractivity contribution in [2.24, 2.45) is 0 Å². The summed E-state index contributed by atoms with van der Waals surface area (Å²) in [4.78, 5) is 15.1. The largest absolute Gasteiger partial charge is 0.493 e. The molecule has 1 saturated carbocycles. The molecule has 1 aliphatic heterocycles. The number of carbonyl (C=O) groups excluding carboxylic acids is 1. The molecule has 1 saturated heterocycles. The van der Waals surface area contributed by atoms with Crippen LogP contribution >= 0.6 is 0 Å².